The number of benzene rings is 2. The van der Waals surface area contributed by atoms with E-state index >= 15 is 0 Å². The van der Waals surface area contributed by atoms with E-state index in [9.17, 15) is 9.59 Å². The number of urea groups is 1. The summed E-state index contributed by atoms with van der Waals surface area (Å²) in [4.78, 5) is 31.2. The first-order valence-electron chi connectivity index (χ1n) is 11.6. The minimum Gasteiger partial charge on any atom is -0.497 e. The van der Waals surface area contributed by atoms with Crippen molar-refractivity contribution in [1.82, 2.24) is 14.7 Å². The van der Waals surface area contributed by atoms with Crippen LogP contribution in [-0.2, 0) is 17.8 Å². The molecule has 4 rings (SSSR count). The molecule has 0 radical (unpaired) electrons. The summed E-state index contributed by atoms with van der Waals surface area (Å²) in [7, 11) is 3.49. The number of ether oxygens (including phenoxy) is 1. The summed E-state index contributed by atoms with van der Waals surface area (Å²) in [5, 5.41) is 0.791. The second kappa shape index (κ2) is 10.6. The van der Waals surface area contributed by atoms with Crippen LogP contribution in [0.1, 0.15) is 30.4 Å². The van der Waals surface area contributed by atoms with Crippen LogP contribution in [0.5, 0.6) is 5.75 Å². The molecule has 0 spiro atoms. The third-order valence-corrected chi connectivity index (χ3v) is 7.28. The number of imide groups is 1. The van der Waals surface area contributed by atoms with Crippen LogP contribution in [0, 0.1) is 5.92 Å². The molecule has 0 saturated carbocycles. The third-order valence-electron chi connectivity index (χ3n) is 6.91. The molecule has 3 amide bonds. The summed E-state index contributed by atoms with van der Waals surface area (Å²) >= 11 is 6.40. The van der Waals surface area contributed by atoms with Crippen LogP contribution in [0.2, 0.25) is 5.02 Å². The predicted octanol–water partition coefficient (Wildman–Crippen LogP) is 4.46. The van der Waals surface area contributed by atoms with Gasteiger partial charge in [0.1, 0.15) is 5.75 Å². The molecule has 2 fully saturated rings. The van der Waals surface area contributed by atoms with Crippen molar-refractivity contribution >= 4 is 23.5 Å². The Balaban J connectivity index is 1.29. The number of rotatable bonds is 7. The van der Waals surface area contributed by atoms with Crippen LogP contribution in [-0.4, -0.2) is 66.5 Å². The van der Waals surface area contributed by atoms with Gasteiger partial charge >= 0.3 is 6.03 Å². The van der Waals surface area contributed by atoms with Gasteiger partial charge in [-0.05, 0) is 67.6 Å². The molecular formula is C26H32ClN3O3. The Bertz CT molecular complexity index is 976. The van der Waals surface area contributed by atoms with E-state index in [0.29, 0.717) is 18.9 Å². The molecule has 33 heavy (non-hydrogen) atoms. The van der Waals surface area contributed by atoms with Crippen molar-refractivity contribution in [3.63, 3.8) is 0 Å². The minimum absolute atomic E-state index is 0.0820. The topological polar surface area (TPSA) is 53.1 Å². The molecule has 0 bridgehead atoms. The Labute approximate surface area is 201 Å². The predicted molar refractivity (Wildman–Crippen MR) is 129 cm³/mol. The zero-order valence-corrected chi connectivity index (χ0v) is 20.1. The van der Waals surface area contributed by atoms with Gasteiger partial charge in [0.05, 0.1) is 19.7 Å². The van der Waals surface area contributed by atoms with Crippen molar-refractivity contribution in [1.29, 1.82) is 0 Å². The fourth-order valence-electron chi connectivity index (χ4n) is 4.83. The molecule has 2 aromatic carbocycles. The van der Waals surface area contributed by atoms with Gasteiger partial charge in [-0.2, -0.15) is 0 Å². The molecule has 7 heteroatoms. The summed E-state index contributed by atoms with van der Waals surface area (Å²) in [5.74, 6) is 1.32. The number of hydrogen-bond acceptors (Lipinski definition) is 4. The summed E-state index contributed by atoms with van der Waals surface area (Å²) in [5.41, 5.74) is 2.10. The van der Waals surface area contributed by atoms with Crippen molar-refractivity contribution in [3.8, 4) is 5.75 Å². The minimum atomic E-state index is -0.206. The second-order valence-corrected chi connectivity index (χ2v) is 9.53. The maximum absolute atomic E-state index is 12.9. The van der Waals surface area contributed by atoms with Crippen LogP contribution in [0.4, 0.5) is 4.79 Å². The number of likely N-dealkylation sites (tertiary alicyclic amines) is 1. The van der Waals surface area contributed by atoms with Gasteiger partial charge in [-0.15, -0.1) is 0 Å². The lowest BCUT2D eigenvalue weighted by Gasteiger charge is -2.41. The normalized spacial score (nSPS) is 20.4. The molecule has 2 saturated heterocycles. The summed E-state index contributed by atoms with van der Waals surface area (Å²) in [6.45, 7) is 2.99. The molecular weight excluding hydrogens is 438 g/mol. The fourth-order valence-corrected chi connectivity index (χ4v) is 5.02. The first kappa shape index (κ1) is 23.6. The second-order valence-electron chi connectivity index (χ2n) is 9.12. The SMILES string of the molecule is COc1ccc(Cl)c(CC2CCN(CC3CC(=O)N(Cc4ccccc4)C(=O)N3C)CC2)c1. The van der Waals surface area contributed by atoms with Gasteiger partial charge in [-0.3, -0.25) is 9.69 Å². The highest BCUT2D eigenvalue weighted by atomic mass is 35.5. The van der Waals surface area contributed by atoms with E-state index in [4.69, 9.17) is 16.3 Å². The van der Waals surface area contributed by atoms with E-state index in [1.54, 1.807) is 12.0 Å². The van der Waals surface area contributed by atoms with Gasteiger partial charge in [-0.1, -0.05) is 41.9 Å². The number of hydrogen-bond donors (Lipinski definition) is 0. The average Bonchev–Trinajstić information content (AvgIpc) is 2.83. The number of likely N-dealkylation sites (N-methyl/N-ethyl adjacent to an activating group) is 1. The van der Waals surface area contributed by atoms with Crippen LogP contribution in [0.3, 0.4) is 0 Å². The largest absolute Gasteiger partial charge is 0.497 e. The highest BCUT2D eigenvalue weighted by Crippen LogP contribution is 2.29. The highest BCUT2D eigenvalue weighted by molar-refractivity contribution is 6.31. The van der Waals surface area contributed by atoms with Crippen molar-refractivity contribution in [2.45, 2.75) is 38.3 Å². The van der Waals surface area contributed by atoms with Gasteiger partial charge in [0, 0.05) is 25.0 Å². The highest BCUT2D eigenvalue weighted by Gasteiger charge is 2.37. The molecule has 2 aliphatic rings. The Kier molecular flexibility index (Phi) is 7.56. The van der Waals surface area contributed by atoms with Gasteiger partial charge in [0.15, 0.2) is 0 Å². The standard InChI is InChI=1S/C26H32ClN3O3/c1-28-22(16-25(31)30(26(28)32)17-20-6-4-3-5-7-20)18-29-12-10-19(11-13-29)14-21-15-23(33-2)8-9-24(21)27/h3-9,15,19,22H,10-14,16-18H2,1-2H3. The molecule has 2 heterocycles. The number of carbonyl (C=O) groups is 2. The van der Waals surface area contributed by atoms with E-state index in [1.807, 2.05) is 55.6 Å². The van der Waals surface area contributed by atoms with E-state index in [1.165, 1.54) is 4.90 Å². The Morgan fingerprint density at radius 3 is 2.48 bits per heavy atom. The quantitative estimate of drug-likeness (QED) is 0.601. The van der Waals surface area contributed by atoms with E-state index in [-0.39, 0.29) is 18.0 Å². The molecule has 1 atom stereocenters. The van der Waals surface area contributed by atoms with E-state index < -0.39 is 0 Å². The van der Waals surface area contributed by atoms with Gasteiger partial charge in [0.25, 0.3) is 0 Å². The number of methoxy groups -OCH3 is 1. The lowest BCUT2D eigenvalue weighted by molar-refractivity contribution is -0.133. The first-order valence-corrected chi connectivity index (χ1v) is 12.0. The molecule has 2 aliphatic heterocycles. The zero-order valence-electron chi connectivity index (χ0n) is 19.4. The molecule has 0 N–H and O–H groups in total. The molecule has 0 aliphatic carbocycles. The molecule has 2 aromatic rings. The summed E-state index contributed by atoms with van der Waals surface area (Å²) < 4.78 is 5.34. The lowest BCUT2D eigenvalue weighted by Crippen LogP contribution is -2.58. The summed E-state index contributed by atoms with van der Waals surface area (Å²) in [6.07, 6.45) is 3.46. The maximum atomic E-state index is 12.9. The van der Waals surface area contributed by atoms with Crippen molar-refractivity contribution in [2.24, 2.45) is 5.92 Å². The van der Waals surface area contributed by atoms with Crippen molar-refractivity contribution in [3.05, 3.63) is 64.7 Å². The third kappa shape index (κ3) is 5.68. The van der Waals surface area contributed by atoms with Gasteiger partial charge in [-0.25, -0.2) is 4.79 Å². The van der Waals surface area contributed by atoms with Crippen LogP contribution < -0.4 is 4.74 Å². The number of halogens is 1. The number of carbonyl (C=O) groups excluding carboxylic acids is 2. The molecule has 176 valence electrons. The Morgan fingerprint density at radius 2 is 1.79 bits per heavy atom. The molecule has 0 aromatic heterocycles. The van der Waals surface area contributed by atoms with Gasteiger partial charge in [0.2, 0.25) is 5.91 Å². The van der Waals surface area contributed by atoms with Crippen LogP contribution >= 0.6 is 11.6 Å². The van der Waals surface area contributed by atoms with Crippen LogP contribution in [0.15, 0.2) is 48.5 Å². The van der Waals surface area contributed by atoms with Crippen LogP contribution in [0.25, 0.3) is 0 Å². The summed E-state index contributed by atoms with van der Waals surface area (Å²) in [6, 6.07) is 15.2. The number of nitrogens with zero attached hydrogens (tertiary/aromatic N) is 3. The monoisotopic (exact) mass is 469 g/mol. The molecule has 6 nitrogen and oxygen atoms in total. The number of piperidine rings is 1. The van der Waals surface area contributed by atoms with Crippen molar-refractivity contribution < 1.29 is 14.3 Å². The Hall–Kier alpha value is -2.57. The first-order chi connectivity index (χ1) is 15.9. The van der Waals surface area contributed by atoms with Crippen molar-refractivity contribution in [2.75, 3.05) is 33.8 Å². The van der Waals surface area contributed by atoms with Gasteiger partial charge < -0.3 is 14.5 Å². The van der Waals surface area contributed by atoms with E-state index in [0.717, 1.165) is 60.8 Å². The molecule has 1 unspecified atom stereocenters. The fraction of sp³-hybridized carbons (Fsp3) is 0.462. The zero-order chi connectivity index (χ0) is 23.4. The number of amides is 3. The van der Waals surface area contributed by atoms with E-state index in [2.05, 4.69) is 4.90 Å². The lowest BCUT2D eigenvalue weighted by atomic mass is 9.89. The smallest absolute Gasteiger partial charge is 0.327 e. The Morgan fingerprint density at radius 1 is 1.06 bits per heavy atom. The maximum Gasteiger partial charge on any atom is 0.327 e. The average molecular weight is 470 g/mol.